The fourth-order valence-electron chi connectivity index (χ4n) is 2.87. The molecule has 2 rings (SSSR count). The van der Waals surface area contributed by atoms with Gasteiger partial charge in [0, 0.05) is 12.5 Å². The largest absolute Gasteiger partial charge is 0.390 e. The Hall–Kier alpha value is -0.380. The molecule has 0 heterocycles. The average molecular weight is 198 g/mol. The zero-order chi connectivity index (χ0) is 10.2. The minimum absolute atomic E-state index is 0.0212. The van der Waals surface area contributed by atoms with Crippen LogP contribution in [0.15, 0.2) is 11.6 Å². The van der Waals surface area contributed by atoms with Gasteiger partial charge in [-0.3, -0.25) is 0 Å². The summed E-state index contributed by atoms with van der Waals surface area (Å²) < 4.78 is 5.24. The summed E-state index contributed by atoms with van der Waals surface area (Å²) in [4.78, 5) is 0. The molecule has 0 aromatic carbocycles. The summed E-state index contributed by atoms with van der Waals surface area (Å²) >= 11 is 0. The molecule has 1 fully saturated rings. The number of hydrogen-bond donors (Lipinski definition) is 2. The summed E-state index contributed by atoms with van der Waals surface area (Å²) in [7, 11) is 1.70. The van der Waals surface area contributed by atoms with Gasteiger partial charge < -0.3 is 14.9 Å². The molecule has 2 N–H and O–H groups in total. The first-order chi connectivity index (χ1) is 6.68. The van der Waals surface area contributed by atoms with Crippen LogP contribution in [0.5, 0.6) is 0 Å². The number of hydrogen-bond acceptors (Lipinski definition) is 3. The Morgan fingerprint density at radius 3 is 3.07 bits per heavy atom. The molecule has 3 heteroatoms. The second kappa shape index (κ2) is 3.65. The van der Waals surface area contributed by atoms with E-state index in [9.17, 15) is 10.2 Å². The van der Waals surface area contributed by atoms with E-state index >= 15 is 0 Å². The molecule has 0 aromatic heterocycles. The van der Waals surface area contributed by atoms with Gasteiger partial charge in [0.15, 0.2) is 0 Å². The van der Waals surface area contributed by atoms with Crippen LogP contribution in [-0.4, -0.2) is 36.1 Å². The summed E-state index contributed by atoms with van der Waals surface area (Å²) in [6.45, 7) is 0.669. The number of ether oxygens (including phenoxy) is 1. The number of aliphatic hydroxyl groups is 2. The van der Waals surface area contributed by atoms with E-state index < -0.39 is 12.2 Å². The van der Waals surface area contributed by atoms with E-state index in [-0.39, 0.29) is 5.41 Å². The van der Waals surface area contributed by atoms with Gasteiger partial charge in [0.2, 0.25) is 0 Å². The van der Waals surface area contributed by atoms with Crippen LogP contribution in [0.1, 0.15) is 25.7 Å². The van der Waals surface area contributed by atoms with Crippen molar-refractivity contribution in [3.8, 4) is 0 Å². The van der Waals surface area contributed by atoms with Crippen molar-refractivity contribution in [1.82, 2.24) is 0 Å². The fourth-order valence-corrected chi connectivity index (χ4v) is 2.87. The molecular formula is C11H18O3. The minimum atomic E-state index is -0.673. The molecule has 3 nitrogen and oxygen atoms in total. The van der Waals surface area contributed by atoms with Crippen LogP contribution >= 0.6 is 0 Å². The molecule has 3 unspecified atom stereocenters. The number of rotatable bonds is 2. The summed E-state index contributed by atoms with van der Waals surface area (Å²) in [5.74, 6) is 0. The van der Waals surface area contributed by atoms with Crippen molar-refractivity contribution in [1.29, 1.82) is 0 Å². The van der Waals surface area contributed by atoms with Gasteiger partial charge >= 0.3 is 0 Å². The van der Waals surface area contributed by atoms with Gasteiger partial charge in [-0.1, -0.05) is 11.6 Å². The van der Waals surface area contributed by atoms with Gasteiger partial charge in [0.25, 0.3) is 0 Å². The molecule has 0 radical (unpaired) electrons. The lowest BCUT2D eigenvalue weighted by atomic mass is 9.73. The third-order valence-electron chi connectivity index (χ3n) is 3.57. The Kier molecular flexibility index (Phi) is 2.64. The Morgan fingerprint density at radius 1 is 1.57 bits per heavy atom. The van der Waals surface area contributed by atoms with E-state index in [4.69, 9.17) is 4.74 Å². The highest BCUT2D eigenvalue weighted by Crippen LogP contribution is 2.49. The van der Waals surface area contributed by atoms with E-state index in [2.05, 4.69) is 0 Å². The first-order valence-electron chi connectivity index (χ1n) is 5.24. The van der Waals surface area contributed by atoms with Crippen LogP contribution in [0.4, 0.5) is 0 Å². The molecule has 80 valence electrons. The van der Waals surface area contributed by atoms with Gasteiger partial charge in [0.05, 0.1) is 18.8 Å². The zero-order valence-electron chi connectivity index (χ0n) is 8.57. The number of aliphatic hydroxyl groups excluding tert-OH is 2. The van der Waals surface area contributed by atoms with Gasteiger partial charge in [-0.25, -0.2) is 0 Å². The van der Waals surface area contributed by atoms with Gasteiger partial charge in [-0.2, -0.15) is 0 Å². The third-order valence-corrected chi connectivity index (χ3v) is 3.57. The lowest BCUT2D eigenvalue weighted by molar-refractivity contribution is -0.0129. The molecular weight excluding hydrogens is 180 g/mol. The van der Waals surface area contributed by atoms with Crippen molar-refractivity contribution in [2.75, 3.05) is 13.7 Å². The second-order valence-electron chi connectivity index (χ2n) is 4.52. The highest BCUT2D eigenvalue weighted by atomic mass is 16.5. The van der Waals surface area contributed by atoms with Crippen molar-refractivity contribution >= 4 is 0 Å². The van der Waals surface area contributed by atoms with Crippen LogP contribution in [0.3, 0.4) is 0 Å². The number of methoxy groups -OCH3 is 1. The Morgan fingerprint density at radius 2 is 2.36 bits per heavy atom. The van der Waals surface area contributed by atoms with Crippen LogP contribution in [0, 0.1) is 5.41 Å². The first-order valence-corrected chi connectivity index (χ1v) is 5.24. The van der Waals surface area contributed by atoms with Gasteiger partial charge in [-0.15, -0.1) is 0 Å². The maximum absolute atomic E-state index is 9.67. The molecule has 3 atom stereocenters. The average Bonchev–Trinajstić information content (AvgIpc) is 2.49. The fraction of sp³-hybridized carbons (Fsp3) is 0.818. The Bertz CT molecular complexity index is 249. The first kappa shape index (κ1) is 10.1. The maximum Gasteiger partial charge on any atom is 0.0983 e. The topological polar surface area (TPSA) is 49.7 Å². The van der Waals surface area contributed by atoms with E-state index in [1.807, 2.05) is 6.08 Å². The number of fused-ring (bicyclic) bond motifs is 1. The molecule has 0 amide bonds. The highest BCUT2D eigenvalue weighted by molar-refractivity contribution is 5.25. The van der Waals surface area contributed by atoms with Crippen molar-refractivity contribution in [3.05, 3.63) is 11.6 Å². The molecule has 0 bridgehead atoms. The van der Waals surface area contributed by atoms with Crippen molar-refractivity contribution in [2.45, 2.75) is 37.9 Å². The molecule has 1 saturated carbocycles. The molecule has 0 saturated heterocycles. The summed E-state index contributed by atoms with van der Waals surface area (Å²) in [5, 5.41) is 19.2. The second-order valence-corrected chi connectivity index (χ2v) is 4.52. The molecule has 14 heavy (non-hydrogen) atoms. The quantitative estimate of drug-likeness (QED) is 0.647. The SMILES string of the molecule is COCC12CCCC1=CC(O)C(O)C2. The van der Waals surface area contributed by atoms with Crippen LogP contribution in [0.25, 0.3) is 0 Å². The van der Waals surface area contributed by atoms with Crippen molar-refractivity contribution in [2.24, 2.45) is 5.41 Å². The molecule has 2 aliphatic rings. The van der Waals surface area contributed by atoms with E-state index in [1.165, 1.54) is 5.57 Å². The Labute approximate surface area is 84.4 Å². The Balaban J connectivity index is 2.25. The predicted octanol–water partition coefficient (Wildman–Crippen LogP) is 0.855. The summed E-state index contributed by atoms with van der Waals surface area (Å²) in [6, 6.07) is 0. The van der Waals surface area contributed by atoms with E-state index in [0.29, 0.717) is 13.0 Å². The monoisotopic (exact) mass is 198 g/mol. The lowest BCUT2D eigenvalue weighted by Gasteiger charge is -2.37. The molecule has 0 spiro atoms. The summed E-state index contributed by atoms with van der Waals surface area (Å²) in [6.07, 6.45) is 4.46. The van der Waals surface area contributed by atoms with Crippen LogP contribution in [-0.2, 0) is 4.74 Å². The normalized spacial score (nSPS) is 42.1. The summed E-state index contributed by atoms with van der Waals surface area (Å²) in [5.41, 5.74) is 1.31. The van der Waals surface area contributed by atoms with Gasteiger partial charge in [0.1, 0.15) is 0 Å². The highest BCUT2D eigenvalue weighted by Gasteiger charge is 2.44. The zero-order valence-corrected chi connectivity index (χ0v) is 8.57. The predicted molar refractivity (Wildman–Crippen MR) is 52.9 cm³/mol. The van der Waals surface area contributed by atoms with Gasteiger partial charge in [-0.05, 0) is 25.7 Å². The van der Waals surface area contributed by atoms with E-state index in [0.717, 1.165) is 19.3 Å². The van der Waals surface area contributed by atoms with Crippen LogP contribution in [0.2, 0.25) is 0 Å². The third kappa shape index (κ3) is 1.49. The lowest BCUT2D eigenvalue weighted by Crippen LogP contribution is -2.39. The van der Waals surface area contributed by atoms with Crippen molar-refractivity contribution in [3.63, 3.8) is 0 Å². The molecule has 2 aliphatic carbocycles. The standard InChI is InChI=1S/C11H18O3/c1-14-7-11-4-2-3-8(11)5-9(12)10(13)6-11/h5,9-10,12-13H,2-4,6-7H2,1H3. The smallest absolute Gasteiger partial charge is 0.0983 e. The van der Waals surface area contributed by atoms with Crippen LogP contribution < -0.4 is 0 Å². The van der Waals surface area contributed by atoms with E-state index in [1.54, 1.807) is 7.11 Å². The molecule has 0 aromatic rings. The maximum atomic E-state index is 9.67. The minimum Gasteiger partial charge on any atom is -0.390 e. The molecule has 0 aliphatic heterocycles. The van der Waals surface area contributed by atoms with Crippen molar-refractivity contribution < 1.29 is 14.9 Å².